The van der Waals surface area contributed by atoms with Gasteiger partial charge in [-0.3, -0.25) is 4.79 Å². The molecule has 1 rings (SSSR count). The molecule has 1 aromatic carbocycles. The maximum absolute atomic E-state index is 10.9. The predicted octanol–water partition coefficient (Wildman–Crippen LogP) is -0.0384. The molecule has 0 bridgehead atoms. The van der Waals surface area contributed by atoms with E-state index in [9.17, 15) is 4.79 Å². The zero-order valence-electron chi connectivity index (χ0n) is 7.20. The fourth-order valence-corrected chi connectivity index (χ4v) is 1.11. The first-order chi connectivity index (χ1) is 5.11. The minimum absolute atomic E-state index is 0. The van der Waals surface area contributed by atoms with Crippen molar-refractivity contribution in [2.75, 3.05) is 0 Å². The van der Waals surface area contributed by atoms with E-state index in [2.05, 4.69) is 15.9 Å². The van der Waals surface area contributed by atoms with Crippen LogP contribution >= 0.6 is 15.9 Å². The number of carbonyl (C=O) groups excluding carboxylic acids is 1. The molecule has 0 N–H and O–H groups in total. The van der Waals surface area contributed by atoms with Crippen molar-refractivity contribution in [1.82, 2.24) is 0 Å². The molecule has 0 fully saturated rings. The van der Waals surface area contributed by atoms with E-state index in [0.717, 1.165) is 15.6 Å². The summed E-state index contributed by atoms with van der Waals surface area (Å²) in [5.41, 5.74) is 1.86. The van der Waals surface area contributed by atoms with Gasteiger partial charge in [-0.05, 0) is 31.5 Å². The first-order valence-electron chi connectivity index (χ1n) is 3.38. The molecule has 4 heteroatoms. The van der Waals surface area contributed by atoms with Gasteiger partial charge in [0.15, 0.2) is 5.78 Å². The van der Waals surface area contributed by atoms with Gasteiger partial charge in [-0.1, -0.05) is 22.0 Å². The second-order valence-corrected chi connectivity index (χ2v) is 3.37. The molecule has 0 atom stereocenters. The standard InChI is InChI=1S/C9H9BrO.BrH.Cu/c1-6-5-8(7(2)11)3-4-9(6)10;;/h3-5H,1-2H3;1H;/q;;+1/p-1. The Balaban J connectivity index is 0. The summed E-state index contributed by atoms with van der Waals surface area (Å²) in [5.74, 6) is 0.112. The van der Waals surface area contributed by atoms with Crippen molar-refractivity contribution < 1.29 is 38.8 Å². The van der Waals surface area contributed by atoms with Gasteiger partial charge >= 0.3 is 17.1 Å². The van der Waals surface area contributed by atoms with Crippen LogP contribution in [0.5, 0.6) is 0 Å². The van der Waals surface area contributed by atoms with Gasteiger partial charge in [-0.25, -0.2) is 0 Å². The largest absolute Gasteiger partial charge is 1.00 e. The fourth-order valence-electron chi connectivity index (χ4n) is 0.864. The molecular formula is C9H9Br2CuO. The van der Waals surface area contributed by atoms with E-state index in [0.29, 0.717) is 0 Å². The van der Waals surface area contributed by atoms with Crippen LogP contribution in [-0.4, -0.2) is 5.78 Å². The van der Waals surface area contributed by atoms with Crippen LogP contribution in [0.3, 0.4) is 0 Å². The molecule has 0 saturated heterocycles. The summed E-state index contributed by atoms with van der Waals surface area (Å²) < 4.78 is 1.04. The van der Waals surface area contributed by atoms with Crippen LogP contribution in [0, 0.1) is 6.92 Å². The Bertz CT molecular complexity index is 300. The summed E-state index contributed by atoms with van der Waals surface area (Å²) in [6.07, 6.45) is 0. The number of carbonyl (C=O) groups is 1. The van der Waals surface area contributed by atoms with Crippen LogP contribution in [-0.2, 0) is 17.1 Å². The summed E-state index contributed by atoms with van der Waals surface area (Å²) in [4.78, 5) is 10.9. The van der Waals surface area contributed by atoms with Crippen molar-refractivity contribution in [2.45, 2.75) is 13.8 Å². The molecule has 13 heavy (non-hydrogen) atoms. The number of hydrogen-bond acceptors (Lipinski definition) is 1. The van der Waals surface area contributed by atoms with Crippen molar-refractivity contribution in [3.63, 3.8) is 0 Å². The average Bonchev–Trinajstić information content (AvgIpc) is 1.94. The molecule has 0 spiro atoms. The molecule has 0 unspecified atom stereocenters. The number of rotatable bonds is 1. The molecule has 0 aliphatic rings. The molecule has 0 amide bonds. The molecule has 1 nitrogen and oxygen atoms in total. The van der Waals surface area contributed by atoms with Crippen molar-refractivity contribution >= 4 is 21.7 Å². The first kappa shape index (κ1) is 15.8. The summed E-state index contributed by atoms with van der Waals surface area (Å²) in [5, 5.41) is 0. The molecular weight excluding hydrogens is 347 g/mol. The van der Waals surface area contributed by atoms with E-state index >= 15 is 0 Å². The molecule has 0 aromatic heterocycles. The van der Waals surface area contributed by atoms with Gasteiger partial charge in [-0.15, -0.1) is 0 Å². The Labute approximate surface area is 108 Å². The van der Waals surface area contributed by atoms with Crippen LogP contribution in [0.1, 0.15) is 22.8 Å². The number of halogens is 2. The summed E-state index contributed by atoms with van der Waals surface area (Å²) >= 11 is 3.37. The van der Waals surface area contributed by atoms with Crippen molar-refractivity contribution in [1.29, 1.82) is 0 Å². The van der Waals surface area contributed by atoms with Gasteiger partial charge in [0.05, 0.1) is 0 Å². The average molecular weight is 357 g/mol. The number of benzene rings is 1. The topological polar surface area (TPSA) is 17.1 Å². The molecule has 76 valence electrons. The van der Waals surface area contributed by atoms with Crippen LogP contribution < -0.4 is 17.0 Å². The second kappa shape index (κ2) is 6.77. The number of hydrogen-bond donors (Lipinski definition) is 0. The molecule has 0 saturated carbocycles. The van der Waals surface area contributed by atoms with Crippen LogP contribution in [0.2, 0.25) is 0 Å². The normalized spacial score (nSPS) is 8.23. The second-order valence-electron chi connectivity index (χ2n) is 2.52. The molecule has 0 heterocycles. The Hall–Kier alpha value is 0.369. The summed E-state index contributed by atoms with van der Waals surface area (Å²) in [6, 6.07) is 5.60. The quantitative estimate of drug-likeness (QED) is 0.510. The van der Waals surface area contributed by atoms with Crippen molar-refractivity contribution in [3.8, 4) is 0 Å². The third-order valence-corrected chi connectivity index (χ3v) is 2.45. The van der Waals surface area contributed by atoms with E-state index in [1.807, 2.05) is 25.1 Å². The van der Waals surface area contributed by atoms with E-state index in [1.165, 1.54) is 0 Å². The molecule has 0 radical (unpaired) electrons. The maximum atomic E-state index is 10.9. The van der Waals surface area contributed by atoms with Gasteiger partial charge in [-0.2, -0.15) is 0 Å². The monoisotopic (exact) mass is 354 g/mol. The Morgan fingerprint density at radius 1 is 1.38 bits per heavy atom. The van der Waals surface area contributed by atoms with Gasteiger partial charge in [0.2, 0.25) is 0 Å². The van der Waals surface area contributed by atoms with Gasteiger partial charge in [0.25, 0.3) is 0 Å². The SMILES string of the molecule is CC(=O)c1ccc(Br)c(C)c1.[Br-].[Cu+]. The fraction of sp³-hybridized carbons (Fsp3) is 0.222. The first-order valence-corrected chi connectivity index (χ1v) is 4.17. The molecule has 0 aliphatic heterocycles. The summed E-state index contributed by atoms with van der Waals surface area (Å²) in [6.45, 7) is 3.54. The Morgan fingerprint density at radius 2 is 1.92 bits per heavy atom. The zero-order chi connectivity index (χ0) is 8.43. The minimum Gasteiger partial charge on any atom is -1.00 e. The Morgan fingerprint density at radius 3 is 2.31 bits per heavy atom. The van der Waals surface area contributed by atoms with E-state index in [4.69, 9.17) is 0 Å². The van der Waals surface area contributed by atoms with Crippen molar-refractivity contribution in [3.05, 3.63) is 33.8 Å². The van der Waals surface area contributed by atoms with Crippen LogP contribution in [0.4, 0.5) is 0 Å². The third-order valence-electron chi connectivity index (χ3n) is 1.56. The minimum atomic E-state index is 0. The van der Waals surface area contributed by atoms with Crippen LogP contribution in [0.25, 0.3) is 0 Å². The number of Topliss-reactive ketones (excluding diaryl/α,β-unsaturated/α-hetero) is 1. The van der Waals surface area contributed by atoms with E-state index in [1.54, 1.807) is 6.92 Å². The van der Waals surface area contributed by atoms with Crippen molar-refractivity contribution in [2.24, 2.45) is 0 Å². The van der Waals surface area contributed by atoms with Gasteiger partial charge in [0.1, 0.15) is 0 Å². The van der Waals surface area contributed by atoms with Gasteiger partial charge < -0.3 is 17.0 Å². The van der Waals surface area contributed by atoms with E-state index < -0.39 is 0 Å². The Kier molecular flexibility index (Phi) is 8.24. The maximum Gasteiger partial charge on any atom is 1.00 e. The smallest absolute Gasteiger partial charge is 1.00 e. The van der Waals surface area contributed by atoms with Gasteiger partial charge in [0, 0.05) is 10.0 Å². The van der Waals surface area contributed by atoms with E-state index in [-0.39, 0.29) is 39.8 Å². The summed E-state index contributed by atoms with van der Waals surface area (Å²) in [7, 11) is 0. The predicted molar refractivity (Wildman–Crippen MR) is 48.9 cm³/mol. The molecule has 0 aliphatic carbocycles. The molecule has 1 aromatic rings. The van der Waals surface area contributed by atoms with Crippen LogP contribution in [0.15, 0.2) is 22.7 Å². The number of aryl methyl sites for hydroxylation is 1. The zero-order valence-corrected chi connectivity index (χ0v) is 11.3. The third kappa shape index (κ3) is 4.41. The number of ketones is 1.